The quantitative estimate of drug-likeness (QED) is 0.777. The summed E-state index contributed by atoms with van der Waals surface area (Å²) in [6.45, 7) is 0. The highest BCUT2D eigenvalue weighted by atomic mass is 16.7. The minimum Gasteiger partial charge on any atom is -0.348 e. The molecule has 2 heteroatoms. The molecule has 0 bridgehead atoms. The monoisotopic (exact) mass is 292 g/mol. The van der Waals surface area contributed by atoms with E-state index >= 15 is 0 Å². The van der Waals surface area contributed by atoms with Crippen molar-refractivity contribution in [3.63, 3.8) is 0 Å². The molecular weight excluding hydrogens is 272 g/mol. The van der Waals surface area contributed by atoms with Gasteiger partial charge in [0.05, 0.1) is 5.92 Å². The summed E-state index contributed by atoms with van der Waals surface area (Å²) in [4.78, 5) is 0. The Labute approximate surface area is 131 Å². The maximum Gasteiger partial charge on any atom is 0.205 e. The van der Waals surface area contributed by atoms with E-state index in [-0.39, 0.29) is 5.92 Å². The molecule has 2 nitrogen and oxygen atoms in total. The van der Waals surface area contributed by atoms with E-state index in [9.17, 15) is 0 Å². The molecule has 3 rings (SSSR count). The van der Waals surface area contributed by atoms with Crippen LogP contribution < -0.4 is 0 Å². The Morgan fingerprint density at radius 1 is 0.818 bits per heavy atom. The molecule has 0 heterocycles. The van der Waals surface area contributed by atoms with Crippen LogP contribution in [-0.2, 0) is 9.47 Å². The van der Waals surface area contributed by atoms with Crippen LogP contribution in [0.1, 0.15) is 17.0 Å². The molecule has 0 saturated carbocycles. The standard InChI is InChI=1S/C20H20O2/c1-21-20(22-2)18(16-10-5-3-6-11-16)14-9-15-19(20)17-12-7-4-8-13-17/h3-15,18H,1-2H3. The lowest BCUT2D eigenvalue weighted by Crippen LogP contribution is -2.42. The van der Waals surface area contributed by atoms with Crippen molar-refractivity contribution in [2.75, 3.05) is 14.2 Å². The minimum atomic E-state index is -0.822. The molecule has 1 aliphatic carbocycles. The van der Waals surface area contributed by atoms with Gasteiger partial charge in [0.25, 0.3) is 0 Å². The molecule has 0 amide bonds. The van der Waals surface area contributed by atoms with Gasteiger partial charge in [-0.05, 0) is 11.1 Å². The highest BCUT2D eigenvalue weighted by molar-refractivity contribution is 5.75. The summed E-state index contributed by atoms with van der Waals surface area (Å²) in [5, 5.41) is 0. The lowest BCUT2D eigenvalue weighted by Gasteiger charge is -2.41. The maximum absolute atomic E-state index is 5.92. The Hall–Kier alpha value is -2.16. The first-order valence-electron chi connectivity index (χ1n) is 7.41. The van der Waals surface area contributed by atoms with Gasteiger partial charge in [0, 0.05) is 19.8 Å². The molecule has 112 valence electrons. The average molecular weight is 292 g/mol. The van der Waals surface area contributed by atoms with Gasteiger partial charge in [0.15, 0.2) is 0 Å². The summed E-state index contributed by atoms with van der Waals surface area (Å²) in [6.07, 6.45) is 6.28. The van der Waals surface area contributed by atoms with Gasteiger partial charge in [-0.25, -0.2) is 0 Å². The average Bonchev–Trinajstić information content (AvgIpc) is 2.62. The van der Waals surface area contributed by atoms with E-state index in [2.05, 4.69) is 42.5 Å². The fourth-order valence-electron chi connectivity index (χ4n) is 3.14. The van der Waals surface area contributed by atoms with Crippen LogP contribution in [0, 0.1) is 0 Å². The third kappa shape index (κ3) is 2.41. The Balaban J connectivity index is 2.12. The predicted octanol–water partition coefficient (Wildman–Crippen LogP) is 4.41. The fourth-order valence-corrected chi connectivity index (χ4v) is 3.14. The zero-order chi connectivity index (χ0) is 15.4. The van der Waals surface area contributed by atoms with E-state index in [0.717, 1.165) is 11.1 Å². The summed E-state index contributed by atoms with van der Waals surface area (Å²) in [7, 11) is 3.41. The molecular formula is C20H20O2. The SMILES string of the molecule is COC1(OC)C(c2ccccc2)=CC=CC1c1ccccc1. The number of hydrogen-bond donors (Lipinski definition) is 0. The van der Waals surface area contributed by atoms with Gasteiger partial charge in [-0.15, -0.1) is 0 Å². The molecule has 1 aliphatic rings. The van der Waals surface area contributed by atoms with Crippen LogP contribution >= 0.6 is 0 Å². The predicted molar refractivity (Wildman–Crippen MR) is 89.5 cm³/mol. The Kier molecular flexibility index (Phi) is 4.23. The van der Waals surface area contributed by atoms with E-state index in [1.807, 2.05) is 36.4 Å². The van der Waals surface area contributed by atoms with Gasteiger partial charge in [-0.3, -0.25) is 0 Å². The molecule has 0 fully saturated rings. The van der Waals surface area contributed by atoms with Gasteiger partial charge in [-0.1, -0.05) is 78.9 Å². The van der Waals surface area contributed by atoms with Crippen LogP contribution in [0.3, 0.4) is 0 Å². The van der Waals surface area contributed by atoms with Crippen LogP contribution in [0.4, 0.5) is 0 Å². The zero-order valence-electron chi connectivity index (χ0n) is 12.9. The van der Waals surface area contributed by atoms with Crippen LogP contribution in [-0.4, -0.2) is 20.0 Å². The molecule has 0 saturated heterocycles. The lowest BCUT2D eigenvalue weighted by molar-refractivity contribution is -0.170. The Morgan fingerprint density at radius 3 is 2.00 bits per heavy atom. The second-order valence-corrected chi connectivity index (χ2v) is 5.30. The first-order valence-corrected chi connectivity index (χ1v) is 7.41. The van der Waals surface area contributed by atoms with Crippen LogP contribution in [0.15, 0.2) is 78.9 Å². The molecule has 2 aromatic rings. The topological polar surface area (TPSA) is 18.5 Å². The molecule has 2 aromatic carbocycles. The second-order valence-electron chi connectivity index (χ2n) is 5.30. The van der Waals surface area contributed by atoms with E-state index < -0.39 is 5.79 Å². The Morgan fingerprint density at radius 2 is 1.41 bits per heavy atom. The van der Waals surface area contributed by atoms with Gasteiger partial charge >= 0.3 is 0 Å². The number of ether oxygens (including phenoxy) is 2. The normalized spacial score (nSPS) is 19.7. The smallest absolute Gasteiger partial charge is 0.205 e. The maximum atomic E-state index is 5.92. The van der Waals surface area contributed by atoms with E-state index in [4.69, 9.17) is 9.47 Å². The van der Waals surface area contributed by atoms with Gasteiger partial charge < -0.3 is 9.47 Å². The summed E-state index contributed by atoms with van der Waals surface area (Å²) in [5.41, 5.74) is 3.31. The minimum absolute atomic E-state index is 0.00362. The number of hydrogen-bond acceptors (Lipinski definition) is 2. The van der Waals surface area contributed by atoms with Crippen molar-refractivity contribution in [1.82, 2.24) is 0 Å². The van der Waals surface area contributed by atoms with Crippen LogP contribution in [0.25, 0.3) is 5.57 Å². The number of allylic oxidation sites excluding steroid dienone is 2. The first kappa shape index (κ1) is 14.8. The van der Waals surface area contributed by atoms with Crippen molar-refractivity contribution in [2.24, 2.45) is 0 Å². The first-order chi connectivity index (χ1) is 10.8. The van der Waals surface area contributed by atoms with Gasteiger partial charge in [0.1, 0.15) is 0 Å². The number of methoxy groups -OCH3 is 2. The van der Waals surface area contributed by atoms with E-state index in [0.29, 0.717) is 0 Å². The lowest BCUT2D eigenvalue weighted by atomic mass is 9.79. The molecule has 0 spiro atoms. The van der Waals surface area contributed by atoms with Crippen LogP contribution in [0.5, 0.6) is 0 Å². The Bertz CT molecular complexity index is 667. The largest absolute Gasteiger partial charge is 0.348 e. The van der Waals surface area contributed by atoms with Crippen molar-refractivity contribution in [3.8, 4) is 0 Å². The molecule has 0 radical (unpaired) electrons. The van der Waals surface area contributed by atoms with E-state index in [1.165, 1.54) is 5.56 Å². The number of benzene rings is 2. The van der Waals surface area contributed by atoms with Crippen molar-refractivity contribution in [2.45, 2.75) is 11.7 Å². The third-order valence-electron chi connectivity index (χ3n) is 4.20. The zero-order valence-corrected chi connectivity index (χ0v) is 12.9. The summed E-state index contributed by atoms with van der Waals surface area (Å²) < 4.78 is 11.8. The molecule has 0 aromatic heterocycles. The molecule has 0 N–H and O–H groups in total. The van der Waals surface area contributed by atoms with Crippen molar-refractivity contribution < 1.29 is 9.47 Å². The highest BCUT2D eigenvalue weighted by Crippen LogP contribution is 2.45. The van der Waals surface area contributed by atoms with Gasteiger partial charge in [0.2, 0.25) is 5.79 Å². The fraction of sp³-hybridized carbons (Fsp3) is 0.200. The van der Waals surface area contributed by atoms with Crippen molar-refractivity contribution in [3.05, 3.63) is 90.0 Å². The molecule has 22 heavy (non-hydrogen) atoms. The molecule has 1 atom stereocenters. The van der Waals surface area contributed by atoms with Crippen molar-refractivity contribution in [1.29, 1.82) is 0 Å². The summed E-state index contributed by atoms with van der Waals surface area (Å²) >= 11 is 0. The second kappa shape index (κ2) is 6.30. The van der Waals surface area contributed by atoms with Crippen LogP contribution in [0.2, 0.25) is 0 Å². The molecule has 1 unspecified atom stereocenters. The van der Waals surface area contributed by atoms with E-state index in [1.54, 1.807) is 14.2 Å². The molecule has 0 aliphatic heterocycles. The highest BCUT2D eigenvalue weighted by Gasteiger charge is 2.44. The summed E-state index contributed by atoms with van der Waals surface area (Å²) in [5.74, 6) is -0.818. The van der Waals surface area contributed by atoms with Gasteiger partial charge in [-0.2, -0.15) is 0 Å². The third-order valence-corrected chi connectivity index (χ3v) is 4.20. The van der Waals surface area contributed by atoms with Crippen molar-refractivity contribution >= 4 is 5.57 Å². The number of rotatable bonds is 4. The summed E-state index contributed by atoms with van der Waals surface area (Å²) in [6, 6.07) is 20.6.